The first-order chi connectivity index (χ1) is 8.54. The van der Waals surface area contributed by atoms with Crippen LogP contribution in [-0.4, -0.2) is 39.0 Å². The molecule has 1 aliphatic heterocycles. The summed E-state index contributed by atoms with van der Waals surface area (Å²) in [5.74, 6) is 1.72. The summed E-state index contributed by atoms with van der Waals surface area (Å²) in [6.07, 6.45) is 0.787. The van der Waals surface area contributed by atoms with E-state index in [1.54, 1.807) is 0 Å². The van der Waals surface area contributed by atoms with Crippen molar-refractivity contribution >= 4 is 32.5 Å². The zero-order valence-electron chi connectivity index (χ0n) is 11.2. The van der Waals surface area contributed by atoms with Crippen LogP contribution in [0, 0.1) is 0 Å². The Labute approximate surface area is 121 Å². The molecule has 1 rings (SSSR count). The van der Waals surface area contributed by atoms with E-state index in [1.807, 2.05) is 13.8 Å². The third kappa shape index (κ3) is 5.47. The average molecular weight is 288 g/mol. The lowest BCUT2D eigenvalue weighted by Gasteiger charge is -2.16. The fourth-order valence-corrected chi connectivity index (χ4v) is 2.37. The molecule has 6 heteroatoms. The molecule has 1 saturated heterocycles. The Kier molecular flexibility index (Phi) is 7.60. The van der Waals surface area contributed by atoms with E-state index in [9.17, 15) is 0 Å². The predicted molar refractivity (Wildman–Crippen MR) is 80.2 cm³/mol. The van der Waals surface area contributed by atoms with Gasteiger partial charge in [0.15, 0.2) is 0 Å². The fourth-order valence-electron chi connectivity index (χ4n) is 1.56. The van der Waals surface area contributed by atoms with E-state index < -0.39 is 0 Å². The molecule has 0 saturated carbocycles. The first kappa shape index (κ1) is 16.3. The SMILES string of the molecule is [B]C(C)CSOC1CO/C(=C(\C)S)C(CC)OC1. The molecule has 0 aliphatic carbocycles. The Hall–Kier alpha value is 0.225. The third-order valence-corrected chi connectivity index (χ3v) is 3.75. The van der Waals surface area contributed by atoms with Crippen molar-refractivity contribution in [2.24, 2.45) is 0 Å². The minimum Gasteiger partial charge on any atom is -0.492 e. The molecule has 0 aromatic heterocycles. The molecule has 3 nitrogen and oxygen atoms in total. The van der Waals surface area contributed by atoms with Gasteiger partial charge in [0.05, 0.1) is 14.5 Å². The van der Waals surface area contributed by atoms with Crippen molar-refractivity contribution in [1.82, 2.24) is 0 Å². The molecular formula is C12H21BO3S2. The van der Waals surface area contributed by atoms with Gasteiger partial charge in [-0.1, -0.05) is 19.7 Å². The number of ether oxygens (including phenoxy) is 2. The van der Waals surface area contributed by atoms with Crippen molar-refractivity contribution in [2.45, 2.75) is 45.2 Å². The van der Waals surface area contributed by atoms with Crippen LogP contribution in [0.1, 0.15) is 27.2 Å². The van der Waals surface area contributed by atoms with Gasteiger partial charge < -0.3 is 13.7 Å². The zero-order valence-corrected chi connectivity index (χ0v) is 12.9. The van der Waals surface area contributed by atoms with Gasteiger partial charge in [0.2, 0.25) is 0 Å². The fraction of sp³-hybridized carbons (Fsp3) is 0.833. The lowest BCUT2D eigenvalue weighted by molar-refractivity contribution is 0.0362. The van der Waals surface area contributed by atoms with Crippen LogP contribution >= 0.6 is 24.7 Å². The smallest absolute Gasteiger partial charge is 0.134 e. The molecule has 0 N–H and O–H groups in total. The molecule has 18 heavy (non-hydrogen) atoms. The molecular weight excluding hydrogens is 267 g/mol. The molecule has 0 aromatic carbocycles. The third-order valence-electron chi connectivity index (χ3n) is 2.46. The van der Waals surface area contributed by atoms with Gasteiger partial charge in [-0.2, -0.15) is 0 Å². The normalized spacial score (nSPS) is 29.3. The Morgan fingerprint density at radius 2 is 2.33 bits per heavy atom. The van der Waals surface area contributed by atoms with Crippen molar-refractivity contribution in [2.75, 3.05) is 19.0 Å². The van der Waals surface area contributed by atoms with Crippen molar-refractivity contribution in [3.63, 3.8) is 0 Å². The van der Waals surface area contributed by atoms with E-state index in [-0.39, 0.29) is 18.0 Å². The zero-order chi connectivity index (χ0) is 13.5. The van der Waals surface area contributed by atoms with E-state index >= 15 is 0 Å². The van der Waals surface area contributed by atoms with Crippen molar-refractivity contribution in [3.05, 3.63) is 10.7 Å². The number of hydrogen-bond donors (Lipinski definition) is 1. The minimum atomic E-state index is -0.0621. The maximum absolute atomic E-state index is 5.79. The highest BCUT2D eigenvalue weighted by Crippen LogP contribution is 2.24. The molecule has 2 radical (unpaired) electrons. The second-order valence-electron chi connectivity index (χ2n) is 4.47. The Bertz CT molecular complexity index is 280. The van der Waals surface area contributed by atoms with E-state index in [4.69, 9.17) is 21.5 Å². The van der Waals surface area contributed by atoms with E-state index in [1.165, 1.54) is 12.0 Å². The van der Waals surface area contributed by atoms with E-state index in [0.29, 0.717) is 13.2 Å². The Morgan fingerprint density at radius 1 is 1.61 bits per heavy atom. The van der Waals surface area contributed by atoms with Crippen LogP contribution in [0.3, 0.4) is 0 Å². The summed E-state index contributed by atoms with van der Waals surface area (Å²) in [6, 6.07) is 0. The standard InChI is InChI=1S/C12H21BO3S2/c1-4-11-12(9(3)17)15-6-10(5-14-11)16-18-7-8(2)13/h8,10-11,17H,4-7H2,1-3H3/b12-9+. The molecule has 1 aliphatic rings. The van der Waals surface area contributed by atoms with Gasteiger partial charge in [0.1, 0.15) is 24.6 Å². The summed E-state index contributed by atoms with van der Waals surface area (Å²) in [4.78, 5) is 0.866. The predicted octanol–water partition coefficient (Wildman–Crippen LogP) is 2.98. The van der Waals surface area contributed by atoms with Gasteiger partial charge in [0.25, 0.3) is 0 Å². The molecule has 3 atom stereocenters. The highest BCUT2D eigenvalue weighted by Gasteiger charge is 2.25. The van der Waals surface area contributed by atoms with E-state index in [0.717, 1.165) is 22.8 Å². The number of allylic oxidation sites excluding steroid dienone is 1. The second-order valence-corrected chi connectivity index (χ2v) is 5.90. The average Bonchev–Trinajstić information content (AvgIpc) is 2.50. The maximum atomic E-state index is 5.79. The van der Waals surface area contributed by atoms with Crippen LogP contribution in [-0.2, 0) is 13.7 Å². The van der Waals surface area contributed by atoms with Crippen molar-refractivity contribution < 1.29 is 13.7 Å². The number of rotatable bonds is 5. The monoisotopic (exact) mass is 288 g/mol. The van der Waals surface area contributed by atoms with Crippen LogP contribution in [0.15, 0.2) is 10.7 Å². The lowest BCUT2D eigenvalue weighted by Crippen LogP contribution is -2.21. The van der Waals surface area contributed by atoms with Crippen molar-refractivity contribution in [3.8, 4) is 0 Å². The molecule has 102 valence electrons. The molecule has 0 bridgehead atoms. The first-order valence-corrected chi connectivity index (χ1v) is 7.58. The quantitative estimate of drug-likeness (QED) is 0.478. The second kappa shape index (κ2) is 8.41. The Morgan fingerprint density at radius 3 is 2.89 bits per heavy atom. The minimum absolute atomic E-state index is 0.0190. The summed E-state index contributed by atoms with van der Waals surface area (Å²) in [6.45, 7) is 6.96. The molecule has 0 aromatic rings. The first-order valence-electron chi connectivity index (χ1n) is 6.22. The highest BCUT2D eigenvalue weighted by atomic mass is 32.2. The topological polar surface area (TPSA) is 27.7 Å². The van der Waals surface area contributed by atoms with Crippen LogP contribution < -0.4 is 0 Å². The van der Waals surface area contributed by atoms with Gasteiger partial charge in [-0.25, -0.2) is 0 Å². The van der Waals surface area contributed by atoms with Gasteiger partial charge in [-0.05, 0) is 25.4 Å². The number of thiol groups is 1. The van der Waals surface area contributed by atoms with Gasteiger partial charge >= 0.3 is 0 Å². The highest BCUT2D eigenvalue weighted by molar-refractivity contribution is 7.94. The Balaban J connectivity index is 2.46. The summed E-state index contributed by atoms with van der Waals surface area (Å²) in [5, 5.41) is 0. The molecule has 3 unspecified atom stereocenters. The number of hydrogen-bond acceptors (Lipinski definition) is 5. The maximum Gasteiger partial charge on any atom is 0.134 e. The van der Waals surface area contributed by atoms with Crippen LogP contribution in [0.5, 0.6) is 0 Å². The van der Waals surface area contributed by atoms with Crippen LogP contribution in [0.4, 0.5) is 0 Å². The van der Waals surface area contributed by atoms with Crippen molar-refractivity contribution in [1.29, 1.82) is 0 Å². The van der Waals surface area contributed by atoms with Gasteiger partial charge in [-0.15, -0.1) is 12.6 Å². The summed E-state index contributed by atoms with van der Waals surface area (Å²) in [5.41, 5.74) is 0. The summed E-state index contributed by atoms with van der Waals surface area (Å²) >= 11 is 5.72. The molecule has 1 heterocycles. The summed E-state index contributed by atoms with van der Waals surface area (Å²) in [7, 11) is 5.66. The van der Waals surface area contributed by atoms with Crippen LogP contribution in [0.2, 0.25) is 5.82 Å². The van der Waals surface area contributed by atoms with Crippen LogP contribution in [0.25, 0.3) is 0 Å². The van der Waals surface area contributed by atoms with Gasteiger partial charge in [0, 0.05) is 10.7 Å². The molecule has 1 fully saturated rings. The lowest BCUT2D eigenvalue weighted by atomic mass is 9.92. The molecule has 0 spiro atoms. The molecule has 0 amide bonds. The largest absolute Gasteiger partial charge is 0.492 e. The summed E-state index contributed by atoms with van der Waals surface area (Å²) < 4.78 is 17.2. The van der Waals surface area contributed by atoms with E-state index in [2.05, 4.69) is 19.6 Å². The van der Waals surface area contributed by atoms with Gasteiger partial charge in [-0.3, -0.25) is 0 Å².